The number of anilines is 3. The average molecular weight is 621 g/mol. The third kappa shape index (κ3) is 9.39. The molecular formula is C31H36N6O6S. The van der Waals surface area contributed by atoms with E-state index in [2.05, 4.69) is 36.9 Å². The Hall–Kier alpha value is -4.72. The summed E-state index contributed by atoms with van der Waals surface area (Å²) in [7, 11) is -0.0331. The lowest BCUT2D eigenvalue weighted by molar-refractivity contribution is -0.122. The van der Waals surface area contributed by atoms with Crippen molar-refractivity contribution in [2.45, 2.75) is 4.90 Å². The van der Waals surface area contributed by atoms with Gasteiger partial charge in [0.25, 0.3) is 16.5 Å². The number of aromatic nitrogens is 2. The molecule has 4 aromatic rings. The van der Waals surface area contributed by atoms with Gasteiger partial charge in [-0.25, -0.2) is 18.4 Å². The Balaban J connectivity index is 0.00000141. The van der Waals surface area contributed by atoms with E-state index >= 15 is 0 Å². The van der Waals surface area contributed by atoms with Gasteiger partial charge < -0.3 is 24.8 Å². The van der Waals surface area contributed by atoms with Crippen molar-refractivity contribution < 1.29 is 27.8 Å². The Morgan fingerprint density at radius 3 is 2.14 bits per heavy atom. The Bertz CT molecular complexity index is 1580. The monoisotopic (exact) mass is 620 g/mol. The van der Waals surface area contributed by atoms with Crippen LogP contribution in [0.3, 0.4) is 0 Å². The molecule has 44 heavy (non-hydrogen) atoms. The molecule has 0 radical (unpaired) electrons. The Morgan fingerprint density at radius 1 is 0.886 bits per heavy atom. The maximum Gasteiger partial charge on any atom is 0.290 e. The third-order valence-corrected chi connectivity index (χ3v) is 8.27. The van der Waals surface area contributed by atoms with E-state index in [1.165, 1.54) is 25.6 Å². The van der Waals surface area contributed by atoms with Gasteiger partial charge in [0.1, 0.15) is 30.3 Å². The van der Waals surface area contributed by atoms with E-state index in [1.54, 1.807) is 36.4 Å². The maximum absolute atomic E-state index is 12.7. The van der Waals surface area contributed by atoms with Crippen LogP contribution in [0.4, 0.5) is 17.2 Å². The first-order valence-electron chi connectivity index (χ1n) is 13.9. The van der Waals surface area contributed by atoms with Crippen molar-refractivity contribution in [2.75, 3.05) is 63.5 Å². The molecule has 0 saturated carbocycles. The summed E-state index contributed by atoms with van der Waals surface area (Å²) in [5.74, 6) is 2.04. The zero-order chi connectivity index (χ0) is 31.4. The first kappa shape index (κ1) is 32.2. The summed E-state index contributed by atoms with van der Waals surface area (Å²) in [6.07, 6.45) is 1.51. The molecule has 0 atom stereocenters. The summed E-state index contributed by atoms with van der Waals surface area (Å²) < 4.78 is 39.0. The number of methoxy groups -OCH3 is 1. The summed E-state index contributed by atoms with van der Waals surface area (Å²) >= 11 is 0. The minimum atomic E-state index is -3.72. The van der Waals surface area contributed by atoms with Gasteiger partial charge in [-0.2, -0.15) is 0 Å². The summed E-state index contributed by atoms with van der Waals surface area (Å²) in [4.78, 5) is 22.0. The van der Waals surface area contributed by atoms with Crippen LogP contribution >= 0.6 is 0 Å². The number of nitrogens with zero attached hydrogens (tertiary/aromatic N) is 4. The molecule has 232 valence electrons. The molecule has 1 fully saturated rings. The van der Waals surface area contributed by atoms with E-state index < -0.39 is 10.0 Å². The SMILES string of the molecule is COc1ccc(S(=O)(=O)Nc2ccc(Nc3cc(-c4ccc(OCCN5CCN(C)CC5)cc4)ncn3)cc2)cc1.O=CO. The molecule has 3 N–H and O–H groups in total. The van der Waals surface area contributed by atoms with Crippen LogP contribution < -0.4 is 19.5 Å². The molecule has 1 aliphatic rings. The number of hydrogen-bond acceptors (Lipinski definition) is 10. The summed E-state index contributed by atoms with van der Waals surface area (Å²) in [5, 5.41) is 10.1. The first-order chi connectivity index (χ1) is 21.3. The number of benzene rings is 3. The van der Waals surface area contributed by atoms with Gasteiger partial charge in [0.05, 0.1) is 17.7 Å². The lowest BCUT2D eigenvalue weighted by Gasteiger charge is -2.32. The van der Waals surface area contributed by atoms with Crippen LogP contribution in [0.5, 0.6) is 11.5 Å². The molecule has 12 nitrogen and oxygen atoms in total. The molecule has 5 rings (SSSR count). The number of carbonyl (C=O) groups is 1. The van der Waals surface area contributed by atoms with Gasteiger partial charge in [-0.1, -0.05) is 0 Å². The minimum Gasteiger partial charge on any atom is -0.497 e. The number of rotatable bonds is 11. The van der Waals surface area contributed by atoms with Crippen LogP contribution in [0.2, 0.25) is 0 Å². The maximum atomic E-state index is 12.7. The number of likely N-dealkylation sites (N-methyl/N-ethyl adjacent to an activating group) is 1. The van der Waals surface area contributed by atoms with E-state index in [0.717, 1.165) is 55.4 Å². The Kier molecular flexibility index (Phi) is 11.5. The zero-order valence-electron chi connectivity index (χ0n) is 24.6. The quantitative estimate of drug-likeness (QED) is 0.209. The first-order valence-corrected chi connectivity index (χ1v) is 15.4. The molecular weight excluding hydrogens is 584 g/mol. The average Bonchev–Trinajstić information content (AvgIpc) is 3.04. The second-order valence-electron chi connectivity index (χ2n) is 9.90. The largest absolute Gasteiger partial charge is 0.497 e. The number of hydrogen-bond donors (Lipinski definition) is 3. The second-order valence-corrected chi connectivity index (χ2v) is 11.6. The van der Waals surface area contributed by atoms with Crippen molar-refractivity contribution in [1.29, 1.82) is 0 Å². The molecule has 13 heteroatoms. The molecule has 0 amide bonds. The van der Waals surface area contributed by atoms with Gasteiger partial charge in [0.2, 0.25) is 0 Å². The lowest BCUT2D eigenvalue weighted by atomic mass is 10.1. The van der Waals surface area contributed by atoms with Crippen molar-refractivity contribution in [3.8, 4) is 22.8 Å². The number of piperazine rings is 1. The number of nitrogens with one attached hydrogen (secondary N) is 2. The van der Waals surface area contributed by atoms with E-state index in [-0.39, 0.29) is 11.4 Å². The van der Waals surface area contributed by atoms with Crippen LogP contribution in [-0.2, 0) is 14.8 Å². The predicted octanol–water partition coefficient (Wildman–Crippen LogP) is 4.02. The van der Waals surface area contributed by atoms with Crippen molar-refractivity contribution in [1.82, 2.24) is 19.8 Å². The fourth-order valence-electron chi connectivity index (χ4n) is 4.41. The molecule has 0 spiro atoms. The molecule has 3 aromatic carbocycles. The van der Waals surface area contributed by atoms with Crippen LogP contribution in [0, 0.1) is 0 Å². The highest BCUT2D eigenvalue weighted by Crippen LogP contribution is 2.25. The van der Waals surface area contributed by atoms with Crippen LogP contribution in [-0.4, -0.2) is 93.3 Å². The molecule has 0 bridgehead atoms. The van der Waals surface area contributed by atoms with Crippen LogP contribution in [0.1, 0.15) is 0 Å². The number of sulfonamides is 1. The van der Waals surface area contributed by atoms with E-state index in [9.17, 15) is 8.42 Å². The Labute approximate surface area is 257 Å². The molecule has 0 aliphatic carbocycles. The summed E-state index contributed by atoms with van der Waals surface area (Å²) in [6, 6.07) is 22.9. The summed E-state index contributed by atoms with van der Waals surface area (Å²) in [5.41, 5.74) is 2.92. The highest BCUT2D eigenvalue weighted by Gasteiger charge is 2.15. The molecule has 1 aliphatic heterocycles. The molecule has 0 unspecified atom stereocenters. The van der Waals surface area contributed by atoms with Gasteiger partial charge in [0.15, 0.2) is 0 Å². The highest BCUT2D eigenvalue weighted by molar-refractivity contribution is 7.92. The number of ether oxygens (including phenoxy) is 2. The Morgan fingerprint density at radius 2 is 1.50 bits per heavy atom. The van der Waals surface area contributed by atoms with E-state index in [1.807, 2.05) is 30.3 Å². The zero-order valence-corrected chi connectivity index (χ0v) is 25.4. The fraction of sp³-hybridized carbons (Fsp3) is 0.258. The van der Waals surface area contributed by atoms with Gasteiger partial charge in [0, 0.05) is 55.7 Å². The minimum absolute atomic E-state index is 0.152. The van der Waals surface area contributed by atoms with E-state index in [0.29, 0.717) is 23.9 Å². The standard InChI is InChI=1S/C30H34N6O4S.CH2O2/c1-35-15-17-36(18-16-35)19-20-40-27-9-3-23(4-10-27)29-21-30(32-22-31-29)33-24-5-7-25(8-6-24)34-41(37,38)28-13-11-26(39-2)12-14-28;2-1-3/h3-14,21-22,34H,15-20H2,1-2H3,(H,31,32,33);1H,(H,2,3). The second kappa shape index (κ2) is 15.7. The molecule has 2 heterocycles. The topological polar surface area (TPSA) is 146 Å². The van der Waals surface area contributed by atoms with Crippen molar-refractivity contribution in [3.63, 3.8) is 0 Å². The van der Waals surface area contributed by atoms with Gasteiger partial charge in [-0.15, -0.1) is 0 Å². The van der Waals surface area contributed by atoms with Gasteiger partial charge >= 0.3 is 0 Å². The van der Waals surface area contributed by atoms with Crippen molar-refractivity contribution in [3.05, 3.63) is 85.2 Å². The predicted molar refractivity (Wildman–Crippen MR) is 169 cm³/mol. The van der Waals surface area contributed by atoms with Crippen molar-refractivity contribution >= 4 is 33.7 Å². The van der Waals surface area contributed by atoms with Crippen molar-refractivity contribution in [2.24, 2.45) is 0 Å². The van der Waals surface area contributed by atoms with Crippen LogP contribution in [0.25, 0.3) is 11.3 Å². The smallest absolute Gasteiger partial charge is 0.290 e. The van der Waals surface area contributed by atoms with E-state index in [4.69, 9.17) is 19.4 Å². The third-order valence-electron chi connectivity index (χ3n) is 6.87. The lowest BCUT2D eigenvalue weighted by Crippen LogP contribution is -2.45. The summed E-state index contributed by atoms with van der Waals surface area (Å²) in [6.45, 7) is 5.69. The molecule has 1 aromatic heterocycles. The highest BCUT2D eigenvalue weighted by atomic mass is 32.2. The fourth-order valence-corrected chi connectivity index (χ4v) is 5.47. The van der Waals surface area contributed by atoms with Crippen LogP contribution in [0.15, 0.2) is 90.1 Å². The number of carboxylic acid groups (broad SMARTS) is 1. The van der Waals surface area contributed by atoms with Gasteiger partial charge in [-0.05, 0) is 79.8 Å². The normalized spacial score (nSPS) is 13.7. The van der Waals surface area contributed by atoms with Gasteiger partial charge in [-0.3, -0.25) is 14.4 Å². The molecule has 1 saturated heterocycles.